The van der Waals surface area contributed by atoms with Gasteiger partial charge in [-0.25, -0.2) is 0 Å². The molecule has 1 aliphatic heterocycles. The first-order valence-corrected chi connectivity index (χ1v) is 9.69. The van der Waals surface area contributed by atoms with Gasteiger partial charge in [0.25, 0.3) is 5.91 Å². The van der Waals surface area contributed by atoms with Gasteiger partial charge in [0, 0.05) is 24.3 Å². The summed E-state index contributed by atoms with van der Waals surface area (Å²) in [5.74, 6) is -0.118. The van der Waals surface area contributed by atoms with Crippen LogP contribution in [0.2, 0.25) is 5.02 Å². The highest BCUT2D eigenvalue weighted by molar-refractivity contribution is 6.33. The van der Waals surface area contributed by atoms with Gasteiger partial charge < -0.3 is 10.2 Å². The van der Waals surface area contributed by atoms with Crippen molar-refractivity contribution in [1.29, 1.82) is 0 Å². The highest BCUT2D eigenvalue weighted by atomic mass is 35.5. The number of halogens is 1. The van der Waals surface area contributed by atoms with E-state index in [1.165, 1.54) is 24.8 Å². The van der Waals surface area contributed by atoms with E-state index < -0.39 is 0 Å². The average Bonchev–Trinajstić information content (AvgIpc) is 2.62. The third-order valence-electron chi connectivity index (χ3n) is 4.92. The van der Waals surface area contributed by atoms with Crippen LogP contribution in [0.15, 0.2) is 42.5 Å². The summed E-state index contributed by atoms with van der Waals surface area (Å²) in [5, 5.41) is 3.63. The monoisotopic (exact) mass is 370 g/mol. The van der Waals surface area contributed by atoms with Gasteiger partial charge in [-0.2, -0.15) is 0 Å². The molecule has 4 heteroatoms. The van der Waals surface area contributed by atoms with Crippen molar-refractivity contribution in [3.8, 4) is 0 Å². The van der Waals surface area contributed by atoms with E-state index in [0.717, 1.165) is 24.5 Å². The summed E-state index contributed by atoms with van der Waals surface area (Å²) < 4.78 is 0. The van der Waals surface area contributed by atoms with Crippen LogP contribution in [0, 0.1) is 0 Å². The van der Waals surface area contributed by atoms with Crippen molar-refractivity contribution in [3.63, 3.8) is 0 Å². The van der Waals surface area contributed by atoms with Gasteiger partial charge in [0.15, 0.2) is 0 Å². The van der Waals surface area contributed by atoms with Crippen molar-refractivity contribution in [2.24, 2.45) is 0 Å². The average molecular weight is 371 g/mol. The summed E-state index contributed by atoms with van der Waals surface area (Å²) in [6.45, 7) is 8.58. The Labute approximate surface area is 161 Å². The number of anilines is 2. The van der Waals surface area contributed by atoms with Crippen LogP contribution in [0.25, 0.3) is 0 Å². The Balaban J connectivity index is 1.70. The Kier molecular flexibility index (Phi) is 5.57. The van der Waals surface area contributed by atoms with Gasteiger partial charge in [-0.05, 0) is 60.6 Å². The van der Waals surface area contributed by atoms with Crippen molar-refractivity contribution in [1.82, 2.24) is 0 Å². The van der Waals surface area contributed by atoms with Gasteiger partial charge in [-0.15, -0.1) is 0 Å². The number of hydrogen-bond donors (Lipinski definition) is 1. The van der Waals surface area contributed by atoms with Gasteiger partial charge in [0.2, 0.25) is 0 Å². The topological polar surface area (TPSA) is 32.3 Å². The van der Waals surface area contributed by atoms with Crippen molar-refractivity contribution in [2.45, 2.75) is 45.4 Å². The van der Waals surface area contributed by atoms with Crippen molar-refractivity contribution < 1.29 is 4.79 Å². The Morgan fingerprint density at radius 3 is 2.23 bits per heavy atom. The predicted molar refractivity (Wildman–Crippen MR) is 111 cm³/mol. The lowest BCUT2D eigenvalue weighted by Crippen LogP contribution is -2.29. The summed E-state index contributed by atoms with van der Waals surface area (Å²) in [5.41, 5.74) is 3.71. The fourth-order valence-electron chi connectivity index (χ4n) is 3.30. The second-order valence-corrected chi connectivity index (χ2v) is 8.40. The molecule has 3 nitrogen and oxygen atoms in total. The fourth-order valence-corrected chi connectivity index (χ4v) is 3.60. The predicted octanol–water partition coefficient (Wildman–Crippen LogP) is 5.88. The molecule has 1 N–H and O–H groups in total. The summed E-state index contributed by atoms with van der Waals surface area (Å²) >= 11 is 6.47. The molecular formula is C22H27ClN2O. The van der Waals surface area contributed by atoms with Crippen LogP contribution < -0.4 is 10.2 Å². The van der Waals surface area contributed by atoms with Gasteiger partial charge in [-0.1, -0.05) is 44.5 Å². The Hall–Kier alpha value is -2.00. The first-order valence-electron chi connectivity index (χ1n) is 9.31. The molecule has 1 heterocycles. The molecule has 1 aliphatic rings. The number of nitrogens with one attached hydrogen (secondary N) is 1. The van der Waals surface area contributed by atoms with Crippen LogP contribution in [-0.2, 0) is 5.41 Å². The maximum absolute atomic E-state index is 12.5. The van der Waals surface area contributed by atoms with Crippen LogP contribution in [0.5, 0.6) is 0 Å². The molecule has 26 heavy (non-hydrogen) atoms. The SMILES string of the molecule is CC(C)(C)c1ccc(C(=O)Nc2ccc(N3CCCCC3)c(Cl)c2)cc1. The minimum Gasteiger partial charge on any atom is -0.370 e. The second kappa shape index (κ2) is 7.71. The van der Waals surface area contributed by atoms with Crippen molar-refractivity contribution in [2.75, 3.05) is 23.3 Å². The molecule has 0 aromatic heterocycles. The Morgan fingerprint density at radius 2 is 1.65 bits per heavy atom. The van der Waals surface area contributed by atoms with E-state index in [9.17, 15) is 4.79 Å². The maximum Gasteiger partial charge on any atom is 0.255 e. The number of piperidine rings is 1. The van der Waals surface area contributed by atoms with Gasteiger partial charge in [-0.3, -0.25) is 4.79 Å². The van der Waals surface area contributed by atoms with E-state index >= 15 is 0 Å². The molecule has 0 atom stereocenters. The standard InChI is InChI=1S/C22H27ClN2O/c1-22(2,3)17-9-7-16(8-10-17)21(26)24-18-11-12-20(19(23)15-18)25-13-5-4-6-14-25/h7-12,15H,4-6,13-14H2,1-3H3,(H,24,26). The molecule has 138 valence electrons. The zero-order valence-corrected chi connectivity index (χ0v) is 16.6. The lowest BCUT2D eigenvalue weighted by Gasteiger charge is -2.29. The van der Waals surface area contributed by atoms with Crippen LogP contribution in [-0.4, -0.2) is 19.0 Å². The number of rotatable bonds is 3. The van der Waals surface area contributed by atoms with E-state index in [0.29, 0.717) is 10.6 Å². The summed E-state index contributed by atoms with van der Waals surface area (Å²) in [6, 6.07) is 13.6. The van der Waals surface area contributed by atoms with E-state index in [-0.39, 0.29) is 11.3 Å². The molecule has 0 saturated carbocycles. The second-order valence-electron chi connectivity index (χ2n) is 8.00. The molecule has 0 bridgehead atoms. The third kappa shape index (κ3) is 4.39. The van der Waals surface area contributed by atoms with Crippen molar-refractivity contribution in [3.05, 3.63) is 58.6 Å². The molecule has 0 aliphatic carbocycles. The van der Waals surface area contributed by atoms with Crippen LogP contribution in [0.1, 0.15) is 56.0 Å². The molecule has 1 amide bonds. The smallest absolute Gasteiger partial charge is 0.255 e. The summed E-state index contributed by atoms with van der Waals surface area (Å²) in [7, 11) is 0. The lowest BCUT2D eigenvalue weighted by molar-refractivity contribution is 0.102. The number of carbonyl (C=O) groups is 1. The number of carbonyl (C=O) groups excluding carboxylic acids is 1. The number of amides is 1. The maximum atomic E-state index is 12.5. The van der Waals surface area contributed by atoms with Crippen LogP contribution in [0.3, 0.4) is 0 Å². The van der Waals surface area contributed by atoms with Crippen LogP contribution >= 0.6 is 11.6 Å². The van der Waals surface area contributed by atoms with Crippen molar-refractivity contribution >= 4 is 28.9 Å². The fraction of sp³-hybridized carbons (Fsp3) is 0.409. The summed E-state index contributed by atoms with van der Waals surface area (Å²) in [4.78, 5) is 14.8. The zero-order valence-electron chi connectivity index (χ0n) is 15.8. The van der Waals surface area contributed by atoms with Gasteiger partial charge in [0.1, 0.15) is 0 Å². The van der Waals surface area contributed by atoms with Gasteiger partial charge in [0.05, 0.1) is 10.7 Å². The largest absolute Gasteiger partial charge is 0.370 e. The first-order chi connectivity index (χ1) is 12.3. The Morgan fingerprint density at radius 1 is 1.00 bits per heavy atom. The minimum atomic E-state index is -0.118. The van der Waals surface area contributed by atoms with E-state index in [2.05, 4.69) is 31.0 Å². The minimum absolute atomic E-state index is 0.0762. The lowest BCUT2D eigenvalue weighted by atomic mass is 9.87. The molecule has 1 saturated heterocycles. The highest BCUT2D eigenvalue weighted by Gasteiger charge is 2.16. The normalized spacial score (nSPS) is 15.0. The number of benzene rings is 2. The van der Waals surface area contributed by atoms with E-state index in [1.807, 2.05) is 42.5 Å². The van der Waals surface area contributed by atoms with E-state index in [1.54, 1.807) is 0 Å². The number of hydrogen-bond acceptors (Lipinski definition) is 2. The molecule has 0 unspecified atom stereocenters. The quantitative estimate of drug-likeness (QED) is 0.731. The highest BCUT2D eigenvalue weighted by Crippen LogP contribution is 2.31. The molecule has 1 fully saturated rings. The Bertz CT molecular complexity index is 772. The summed E-state index contributed by atoms with van der Waals surface area (Å²) in [6.07, 6.45) is 3.70. The molecule has 0 radical (unpaired) electrons. The van der Waals surface area contributed by atoms with E-state index in [4.69, 9.17) is 11.6 Å². The molecule has 0 spiro atoms. The molecule has 3 rings (SSSR count). The van der Waals surface area contributed by atoms with Crippen LogP contribution in [0.4, 0.5) is 11.4 Å². The number of nitrogens with zero attached hydrogens (tertiary/aromatic N) is 1. The zero-order chi connectivity index (χ0) is 18.7. The molecular weight excluding hydrogens is 344 g/mol. The molecule has 2 aromatic rings. The third-order valence-corrected chi connectivity index (χ3v) is 5.22. The first kappa shape index (κ1) is 18.8. The van der Waals surface area contributed by atoms with Gasteiger partial charge >= 0.3 is 0 Å². The molecule has 2 aromatic carbocycles.